The van der Waals surface area contributed by atoms with E-state index >= 15 is 0 Å². The molecule has 0 spiro atoms. The van der Waals surface area contributed by atoms with Crippen molar-refractivity contribution in [2.45, 2.75) is 58.9 Å². The van der Waals surface area contributed by atoms with Crippen LogP contribution in [0.1, 0.15) is 52.9 Å². The summed E-state index contributed by atoms with van der Waals surface area (Å²) in [4.78, 5) is 0. The topological polar surface area (TPSA) is 46.2 Å². The van der Waals surface area contributed by atoms with E-state index in [4.69, 9.17) is 0 Å². The molecule has 0 radical (unpaired) electrons. The SMILES string of the molecule is CCNC1CCC(C)(CCCS(=O)(=O)CC)C1. The van der Waals surface area contributed by atoms with Crippen LogP contribution in [-0.2, 0) is 9.84 Å². The van der Waals surface area contributed by atoms with Gasteiger partial charge < -0.3 is 5.32 Å². The smallest absolute Gasteiger partial charge is 0.150 e. The van der Waals surface area contributed by atoms with Gasteiger partial charge in [0.05, 0.1) is 5.75 Å². The van der Waals surface area contributed by atoms with E-state index in [0.29, 0.717) is 17.2 Å². The van der Waals surface area contributed by atoms with Gasteiger partial charge in [-0.05, 0) is 44.1 Å². The molecule has 0 aliphatic heterocycles. The fourth-order valence-electron chi connectivity index (χ4n) is 2.87. The van der Waals surface area contributed by atoms with E-state index in [1.165, 1.54) is 19.3 Å². The van der Waals surface area contributed by atoms with Gasteiger partial charge in [0.15, 0.2) is 0 Å². The average Bonchev–Trinajstić information content (AvgIpc) is 2.61. The lowest BCUT2D eigenvalue weighted by molar-refractivity contribution is 0.295. The van der Waals surface area contributed by atoms with Crippen LogP contribution in [0.4, 0.5) is 0 Å². The first kappa shape index (κ1) is 15.0. The second kappa shape index (κ2) is 6.19. The van der Waals surface area contributed by atoms with Crippen molar-refractivity contribution < 1.29 is 8.42 Å². The first-order valence-corrected chi connectivity index (χ1v) is 8.67. The van der Waals surface area contributed by atoms with Gasteiger partial charge in [-0.1, -0.05) is 20.8 Å². The van der Waals surface area contributed by atoms with E-state index in [9.17, 15) is 8.42 Å². The molecule has 1 aliphatic rings. The van der Waals surface area contributed by atoms with Gasteiger partial charge in [0.25, 0.3) is 0 Å². The van der Waals surface area contributed by atoms with Crippen LogP contribution in [0.15, 0.2) is 0 Å². The monoisotopic (exact) mass is 261 g/mol. The Morgan fingerprint density at radius 1 is 1.35 bits per heavy atom. The minimum atomic E-state index is -2.78. The highest BCUT2D eigenvalue weighted by molar-refractivity contribution is 7.91. The first-order valence-electron chi connectivity index (χ1n) is 6.84. The molecule has 0 saturated heterocycles. The fourth-order valence-corrected chi connectivity index (χ4v) is 3.75. The molecule has 0 bridgehead atoms. The van der Waals surface area contributed by atoms with Crippen molar-refractivity contribution in [1.82, 2.24) is 5.32 Å². The Hall–Kier alpha value is -0.0900. The predicted molar refractivity (Wildman–Crippen MR) is 73.0 cm³/mol. The molecule has 0 heterocycles. The molecular weight excluding hydrogens is 234 g/mol. The van der Waals surface area contributed by atoms with Crippen LogP contribution in [0, 0.1) is 5.41 Å². The zero-order chi connectivity index (χ0) is 12.9. The second-order valence-corrected chi connectivity index (χ2v) is 8.12. The Balaban J connectivity index is 2.32. The van der Waals surface area contributed by atoms with Crippen molar-refractivity contribution in [3.63, 3.8) is 0 Å². The summed E-state index contributed by atoms with van der Waals surface area (Å²) in [5, 5.41) is 3.50. The van der Waals surface area contributed by atoms with Crippen molar-refractivity contribution in [3.8, 4) is 0 Å². The van der Waals surface area contributed by atoms with Gasteiger partial charge in [0, 0.05) is 11.8 Å². The van der Waals surface area contributed by atoms with Crippen molar-refractivity contribution in [2.75, 3.05) is 18.1 Å². The van der Waals surface area contributed by atoms with E-state index in [1.54, 1.807) is 6.92 Å². The second-order valence-electron chi connectivity index (χ2n) is 5.65. The van der Waals surface area contributed by atoms with Crippen LogP contribution in [0.25, 0.3) is 0 Å². The van der Waals surface area contributed by atoms with Crippen LogP contribution in [-0.4, -0.2) is 32.5 Å². The zero-order valence-corrected chi connectivity index (χ0v) is 12.3. The Morgan fingerprint density at radius 2 is 2.06 bits per heavy atom. The summed E-state index contributed by atoms with van der Waals surface area (Å²) in [7, 11) is -2.78. The quantitative estimate of drug-likeness (QED) is 0.765. The molecule has 1 fully saturated rings. The van der Waals surface area contributed by atoms with Gasteiger partial charge in [0.2, 0.25) is 0 Å². The van der Waals surface area contributed by atoms with Crippen LogP contribution >= 0.6 is 0 Å². The number of rotatable bonds is 7. The van der Waals surface area contributed by atoms with Crippen molar-refractivity contribution in [3.05, 3.63) is 0 Å². The van der Waals surface area contributed by atoms with E-state index in [0.717, 1.165) is 19.4 Å². The lowest BCUT2D eigenvalue weighted by atomic mass is 9.84. The third-order valence-corrected chi connectivity index (χ3v) is 5.79. The summed E-state index contributed by atoms with van der Waals surface area (Å²) < 4.78 is 22.9. The Bertz CT molecular complexity index is 326. The van der Waals surface area contributed by atoms with Crippen molar-refractivity contribution >= 4 is 9.84 Å². The normalized spacial score (nSPS) is 29.7. The Morgan fingerprint density at radius 3 is 2.65 bits per heavy atom. The zero-order valence-electron chi connectivity index (χ0n) is 11.5. The molecule has 1 aliphatic carbocycles. The maximum absolute atomic E-state index is 11.4. The summed E-state index contributed by atoms with van der Waals surface area (Å²) in [6, 6.07) is 0.646. The lowest BCUT2D eigenvalue weighted by Crippen LogP contribution is -2.27. The summed E-state index contributed by atoms with van der Waals surface area (Å²) in [6.07, 6.45) is 5.55. The third-order valence-electron chi connectivity index (χ3n) is 4.00. The van der Waals surface area contributed by atoms with Crippen LogP contribution in [0.2, 0.25) is 0 Å². The standard InChI is InChI=1S/C13H27NO2S/c1-4-14-12-7-9-13(3,11-12)8-6-10-17(15,16)5-2/h12,14H,4-11H2,1-3H3. The maximum atomic E-state index is 11.4. The summed E-state index contributed by atoms with van der Waals surface area (Å²) in [5.74, 6) is 0.648. The van der Waals surface area contributed by atoms with Crippen LogP contribution in [0.5, 0.6) is 0 Å². The molecule has 0 amide bonds. The molecule has 102 valence electrons. The summed E-state index contributed by atoms with van der Waals surface area (Å²) in [6.45, 7) is 7.21. The molecular formula is C13H27NO2S. The highest BCUT2D eigenvalue weighted by Gasteiger charge is 2.34. The lowest BCUT2D eigenvalue weighted by Gasteiger charge is -2.24. The number of hydrogen-bond donors (Lipinski definition) is 1. The Labute approximate surface area is 106 Å². The molecule has 4 heteroatoms. The predicted octanol–water partition coefficient (Wildman–Crippen LogP) is 2.37. The molecule has 1 rings (SSSR count). The molecule has 1 N–H and O–H groups in total. The minimum Gasteiger partial charge on any atom is -0.314 e. The van der Waals surface area contributed by atoms with E-state index < -0.39 is 9.84 Å². The van der Waals surface area contributed by atoms with Gasteiger partial charge in [-0.25, -0.2) is 8.42 Å². The number of sulfone groups is 1. The van der Waals surface area contributed by atoms with Crippen molar-refractivity contribution in [1.29, 1.82) is 0 Å². The summed E-state index contributed by atoms with van der Waals surface area (Å²) >= 11 is 0. The number of hydrogen-bond acceptors (Lipinski definition) is 3. The highest BCUT2D eigenvalue weighted by atomic mass is 32.2. The molecule has 17 heavy (non-hydrogen) atoms. The van der Waals surface area contributed by atoms with Gasteiger partial charge in [0.1, 0.15) is 9.84 Å². The van der Waals surface area contributed by atoms with Crippen molar-refractivity contribution in [2.24, 2.45) is 5.41 Å². The van der Waals surface area contributed by atoms with E-state index in [2.05, 4.69) is 19.2 Å². The van der Waals surface area contributed by atoms with E-state index in [-0.39, 0.29) is 5.75 Å². The van der Waals surface area contributed by atoms with Crippen LogP contribution < -0.4 is 5.32 Å². The molecule has 2 atom stereocenters. The van der Waals surface area contributed by atoms with Crippen LogP contribution in [0.3, 0.4) is 0 Å². The van der Waals surface area contributed by atoms with Gasteiger partial charge in [-0.2, -0.15) is 0 Å². The molecule has 1 saturated carbocycles. The third kappa shape index (κ3) is 4.96. The largest absolute Gasteiger partial charge is 0.314 e. The molecule has 0 aromatic carbocycles. The van der Waals surface area contributed by atoms with Gasteiger partial charge in [-0.15, -0.1) is 0 Å². The van der Waals surface area contributed by atoms with Gasteiger partial charge >= 0.3 is 0 Å². The summed E-state index contributed by atoms with van der Waals surface area (Å²) in [5.41, 5.74) is 0.357. The molecule has 0 aromatic heterocycles. The Kier molecular flexibility index (Phi) is 5.45. The fraction of sp³-hybridized carbons (Fsp3) is 1.00. The minimum absolute atomic E-state index is 0.281. The maximum Gasteiger partial charge on any atom is 0.150 e. The number of nitrogens with one attached hydrogen (secondary N) is 1. The first-order chi connectivity index (χ1) is 7.91. The average molecular weight is 261 g/mol. The van der Waals surface area contributed by atoms with E-state index in [1.807, 2.05) is 0 Å². The highest BCUT2D eigenvalue weighted by Crippen LogP contribution is 2.41. The molecule has 0 aromatic rings. The van der Waals surface area contributed by atoms with Gasteiger partial charge in [-0.3, -0.25) is 0 Å². The molecule has 3 nitrogen and oxygen atoms in total. The molecule has 2 unspecified atom stereocenters.